The van der Waals surface area contributed by atoms with E-state index in [9.17, 15) is 4.79 Å². The SMILES string of the molecule is COc1ccc(CNC(C)C)cc1Cn1ncn(C)c1=O. The highest BCUT2D eigenvalue weighted by atomic mass is 16.5. The molecule has 0 unspecified atom stereocenters. The third-order valence-electron chi connectivity index (χ3n) is 3.27. The number of benzene rings is 1. The van der Waals surface area contributed by atoms with E-state index in [2.05, 4.69) is 30.3 Å². The number of ether oxygens (including phenoxy) is 1. The van der Waals surface area contributed by atoms with Gasteiger partial charge in [0.25, 0.3) is 0 Å². The molecule has 0 aliphatic rings. The van der Waals surface area contributed by atoms with Gasteiger partial charge < -0.3 is 10.1 Å². The Labute approximate surface area is 124 Å². The van der Waals surface area contributed by atoms with Gasteiger partial charge in [-0.15, -0.1) is 0 Å². The molecular formula is C15H22N4O2. The average molecular weight is 290 g/mol. The molecule has 0 aliphatic carbocycles. The summed E-state index contributed by atoms with van der Waals surface area (Å²) in [6, 6.07) is 6.43. The molecule has 0 fully saturated rings. The van der Waals surface area contributed by atoms with Crippen LogP contribution < -0.4 is 15.7 Å². The lowest BCUT2D eigenvalue weighted by molar-refractivity contribution is 0.406. The molecule has 0 radical (unpaired) electrons. The van der Waals surface area contributed by atoms with Gasteiger partial charge in [0, 0.05) is 25.2 Å². The number of aromatic nitrogens is 3. The van der Waals surface area contributed by atoms with Crippen molar-refractivity contribution in [3.05, 3.63) is 46.1 Å². The Balaban J connectivity index is 2.25. The number of aryl methyl sites for hydroxylation is 1. The Hall–Kier alpha value is -2.08. The summed E-state index contributed by atoms with van der Waals surface area (Å²) >= 11 is 0. The van der Waals surface area contributed by atoms with Gasteiger partial charge in [-0.2, -0.15) is 5.10 Å². The first-order chi connectivity index (χ1) is 10.0. The van der Waals surface area contributed by atoms with Gasteiger partial charge in [-0.05, 0) is 17.7 Å². The normalized spacial score (nSPS) is 11.1. The molecule has 1 N–H and O–H groups in total. The van der Waals surface area contributed by atoms with E-state index >= 15 is 0 Å². The monoisotopic (exact) mass is 290 g/mol. The summed E-state index contributed by atoms with van der Waals surface area (Å²) in [5.41, 5.74) is 1.97. The van der Waals surface area contributed by atoms with E-state index in [4.69, 9.17) is 4.74 Å². The van der Waals surface area contributed by atoms with Crippen molar-refractivity contribution in [3.63, 3.8) is 0 Å². The minimum Gasteiger partial charge on any atom is -0.496 e. The second kappa shape index (κ2) is 6.58. The molecule has 6 nitrogen and oxygen atoms in total. The van der Waals surface area contributed by atoms with E-state index in [1.165, 1.54) is 15.6 Å². The van der Waals surface area contributed by atoms with Crippen molar-refractivity contribution >= 4 is 0 Å². The van der Waals surface area contributed by atoms with Crippen LogP contribution in [-0.4, -0.2) is 27.5 Å². The predicted octanol–water partition coefficient (Wildman–Crippen LogP) is 1.14. The minimum atomic E-state index is -0.136. The van der Waals surface area contributed by atoms with Crippen molar-refractivity contribution in [2.75, 3.05) is 7.11 Å². The second-order valence-corrected chi connectivity index (χ2v) is 5.36. The summed E-state index contributed by atoms with van der Waals surface area (Å²) in [7, 11) is 3.32. The Morgan fingerprint density at radius 1 is 1.38 bits per heavy atom. The number of nitrogens with zero attached hydrogens (tertiary/aromatic N) is 3. The zero-order chi connectivity index (χ0) is 15.4. The first-order valence-electron chi connectivity index (χ1n) is 6.99. The summed E-state index contributed by atoms with van der Waals surface area (Å²) in [6.07, 6.45) is 1.51. The lowest BCUT2D eigenvalue weighted by Gasteiger charge is -2.12. The van der Waals surface area contributed by atoms with Gasteiger partial charge >= 0.3 is 5.69 Å². The van der Waals surface area contributed by atoms with Crippen molar-refractivity contribution in [2.24, 2.45) is 7.05 Å². The Morgan fingerprint density at radius 3 is 2.71 bits per heavy atom. The van der Waals surface area contributed by atoms with Crippen molar-refractivity contribution in [1.29, 1.82) is 0 Å². The molecule has 0 bridgehead atoms. The number of rotatable bonds is 6. The molecule has 114 valence electrons. The summed E-state index contributed by atoms with van der Waals surface area (Å²) in [4.78, 5) is 11.9. The molecule has 21 heavy (non-hydrogen) atoms. The molecule has 0 saturated carbocycles. The maximum Gasteiger partial charge on any atom is 0.345 e. The molecule has 6 heteroatoms. The van der Waals surface area contributed by atoms with Crippen molar-refractivity contribution in [2.45, 2.75) is 33.0 Å². The molecule has 2 aromatic rings. The number of methoxy groups -OCH3 is 1. The summed E-state index contributed by atoms with van der Waals surface area (Å²) < 4.78 is 8.26. The molecule has 1 aromatic heterocycles. The quantitative estimate of drug-likeness (QED) is 0.866. The second-order valence-electron chi connectivity index (χ2n) is 5.36. The van der Waals surface area contributed by atoms with Gasteiger partial charge in [0.15, 0.2) is 0 Å². The highest BCUT2D eigenvalue weighted by Crippen LogP contribution is 2.20. The predicted molar refractivity (Wildman–Crippen MR) is 81.5 cm³/mol. The zero-order valence-corrected chi connectivity index (χ0v) is 13.0. The van der Waals surface area contributed by atoms with E-state index in [0.717, 1.165) is 23.4 Å². The van der Waals surface area contributed by atoms with Crippen LogP contribution in [0.1, 0.15) is 25.0 Å². The first kappa shape index (κ1) is 15.3. The fourth-order valence-electron chi connectivity index (χ4n) is 2.08. The van der Waals surface area contributed by atoms with E-state index in [1.54, 1.807) is 14.2 Å². The largest absolute Gasteiger partial charge is 0.496 e. The topological polar surface area (TPSA) is 61.1 Å². The number of nitrogens with one attached hydrogen (secondary N) is 1. The minimum absolute atomic E-state index is 0.136. The van der Waals surface area contributed by atoms with Gasteiger partial charge in [0.05, 0.1) is 13.7 Å². The summed E-state index contributed by atoms with van der Waals surface area (Å²) in [6.45, 7) is 5.40. The molecule has 0 saturated heterocycles. The maximum atomic E-state index is 11.9. The van der Waals surface area contributed by atoms with Crippen molar-refractivity contribution in [3.8, 4) is 5.75 Å². The van der Waals surface area contributed by atoms with Crippen LogP contribution in [0.4, 0.5) is 0 Å². The van der Waals surface area contributed by atoms with Gasteiger partial charge in [0.1, 0.15) is 12.1 Å². The van der Waals surface area contributed by atoms with Crippen molar-refractivity contribution < 1.29 is 4.74 Å². The van der Waals surface area contributed by atoms with Crippen molar-refractivity contribution in [1.82, 2.24) is 19.7 Å². The van der Waals surface area contributed by atoms with Crippen LogP contribution in [0.15, 0.2) is 29.3 Å². The average Bonchev–Trinajstić information content (AvgIpc) is 2.77. The third-order valence-corrected chi connectivity index (χ3v) is 3.27. The molecule has 1 aromatic carbocycles. The zero-order valence-electron chi connectivity index (χ0n) is 13.0. The van der Waals surface area contributed by atoms with Crippen LogP contribution in [0.25, 0.3) is 0 Å². The van der Waals surface area contributed by atoms with Gasteiger partial charge in [0.2, 0.25) is 0 Å². The lowest BCUT2D eigenvalue weighted by Crippen LogP contribution is -2.24. The lowest BCUT2D eigenvalue weighted by atomic mass is 10.1. The van der Waals surface area contributed by atoms with E-state index in [0.29, 0.717) is 12.6 Å². The van der Waals surface area contributed by atoms with Crippen LogP contribution in [-0.2, 0) is 20.1 Å². The molecule has 0 amide bonds. The summed E-state index contributed by atoms with van der Waals surface area (Å²) in [5, 5.41) is 7.46. The van der Waals surface area contributed by atoms with Gasteiger partial charge in [-0.1, -0.05) is 19.9 Å². The number of hydrogen-bond donors (Lipinski definition) is 1. The summed E-state index contributed by atoms with van der Waals surface area (Å²) in [5.74, 6) is 0.765. The fourth-order valence-corrected chi connectivity index (χ4v) is 2.08. The Morgan fingerprint density at radius 2 is 2.14 bits per heavy atom. The highest BCUT2D eigenvalue weighted by molar-refractivity contribution is 5.37. The standard InChI is InChI=1S/C15H22N4O2/c1-11(2)16-8-12-5-6-14(21-4)13(7-12)9-19-15(20)18(3)10-17-19/h5-7,10-11,16H,8-9H2,1-4H3. The molecular weight excluding hydrogens is 268 g/mol. The van der Waals surface area contributed by atoms with Crippen LogP contribution >= 0.6 is 0 Å². The highest BCUT2D eigenvalue weighted by Gasteiger charge is 2.09. The van der Waals surface area contributed by atoms with Crippen LogP contribution in [0.2, 0.25) is 0 Å². The molecule has 1 heterocycles. The molecule has 0 aliphatic heterocycles. The first-order valence-corrected chi connectivity index (χ1v) is 6.99. The fraction of sp³-hybridized carbons (Fsp3) is 0.467. The van der Waals surface area contributed by atoms with Gasteiger partial charge in [-0.3, -0.25) is 4.57 Å². The van der Waals surface area contributed by atoms with Crippen LogP contribution in [0.3, 0.4) is 0 Å². The number of hydrogen-bond acceptors (Lipinski definition) is 4. The third kappa shape index (κ3) is 3.72. The van der Waals surface area contributed by atoms with Gasteiger partial charge in [-0.25, -0.2) is 9.48 Å². The molecule has 0 atom stereocenters. The van der Waals surface area contributed by atoms with E-state index in [1.807, 2.05) is 12.1 Å². The van der Waals surface area contributed by atoms with E-state index in [-0.39, 0.29) is 5.69 Å². The smallest absolute Gasteiger partial charge is 0.345 e. The van der Waals surface area contributed by atoms with E-state index < -0.39 is 0 Å². The van der Waals surface area contributed by atoms with Crippen LogP contribution in [0, 0.1) is 0 Å². The van der Waals surface area contributed by atoms with Crippen LogP contribution in [0.5, 0.6) is 5.75 Å². The molecule has 2 rings (SSSR count). The maximum absolute atomic E-state index is 11.9. The molecule has 0 spiro atoms. The Kier molecular flexibility index (Phi) is 4.80. The Bertz CT molecular complexity index is 658.